The highest BCUT2D eigenvalue weighted by molar-refractivity contribution is 5.95. The molecule has 0 unspecified atom stereocenters. The lowest BCUT2D eigenvalue weighted by molar-refractivity contribution is 0.0887. The van der Waals surface area contributed by atoms with Gasteiger partial charge in [-0.2, -0.15) is 0 Å². The van der Waals surface area contributed by atoms with Gasteiger partial charge < -0.3 is 20.1 Å². The Hall–Kier alpha value is -1.46. The van der Waals surface area contributed by atoms with Crippen LogP contribution in [0.4, 0.5) is 0 Å². The zero-order chi connectivity index (χ0) is 14.6. The van der Waals surface area contributed by atoms with Gasteiger partial charge in [0.05, 0.1) is 14.2 Å². The van der Waals surface area contributed by atoms with Crippen LogP contribution in [0.5, 0.6) is 11.5 Å². The number of hydrogen-bond acceptors (Lipinski definition) is 4. The third-order valence-electron chi connectivity index (χ3n) is 3.77. The third kappa shape index (κ3) is 4.25. The van der Waals surface area contributed by atoms with E-state index in [1.165, 1.54) is 0 Å². The Bertz CT molecular complexity index is 488. The number of rotatable bonds is 4. The molecule has 1 fully saturated rings. The van der Waals surface area contributed by atoms with Crippen molar-refractivity contribution in [2.45, 2.75) is 25.3 Å². The monoisotopic (exact) mass is 314 g/mol. The minimum atomic E-state index is -0.143. The smallest absolute Gasteiger partial charge is 0.251 e. The molecule has 0 aromatic heterocycles. The van der Waals surface area contributed by atoms with Crippen LogP contribution in [-0.4, -0.2) is 38.8 Å². The van der Waals surface area contributed by atoms with Gasteiger partial charge in [0.15, 0.2) is 11.5 Å². The molecule has 118 valence electrons. The summed E-state index contributed by atoms with van der Waals surface area (Å²) < 4.78 is 10.4. The SMILES string of the molecule is COc1ccc(C(=O)NC2(C)CCNCC2)cc1OC.Cl. The number of piperidine rings is 1. The Morgan fingerprint density at radius 2 is 1.81 bits per heavy atom. The Labute approximate surface area is 131 Å². The largest absolute Gasteiger partial charge is 0.493 e. The Morgan fingerprint density at radius 3 is 2.38 bits per heavy atom. The molecule has 1 aliphatic rings. The zero-order valence-corrected chi connectivity index (χ0v) is 13.5. The van der Waals surface area contributed by atoms with Gasteiger partial charge in [0.1, 0.15) is 0 Å². The van der Waals surface area contributed by atoms with Gasteiger partial charge in [-0.1, -0.05) is 0 Å². The van der Waals surface area contributed by atoms with E-state index in [4.69, 9.17) is 9.47 Å². The summed E-state index contributed by atoms with van der Waals surface area (Å²) in [5, 5.41) is 6.42. The van der Waals surface area contributed by atoms with Gasteiger partial charge >= 0.3 is 0 Å². The highest BCUT2D eigenvalue weighted by atomic mass is 35.5. The number of benzene rings is 1. The van der Waals surface area contributed by atoms with Crippen molar-refractivity contribution in [2.24, 2.45) is 0 Å². The maximum Gasteiger partial charge on any atom is 0.251 e. The first kappa shape index (κ1) is 17.6. The van der Waals surface area contributed by atoms with E-state index in [0.29, 0.717) is 17.1 Å². The Morgan fingerprint density at radius 1 is 1.19 bits per heavy atom. The second-order valence-electron chi connectivity index (χ2n) is 5.33. The minimum absolute atomic E-state index is 0. The summed E-state index contributed by atoms with van der Waals surface area (Å²) in [6.07, 6.45) is 1.87. The molecule has 0 radical (unpaired) electrons. The molecule has 1 amide bonds. The molecular weight excluding hydrogens is 292 g/mol. The lowest BCUT2D eigenvalue weighted by Crippen LogP contribution is -2.52. The van der Waals surface area contributed by atoms with E-state index >= 15 is 0 Å². The van der Waals surface area contributed by atoms with Crippen LogP contribution >= 0.6 is 12.4 Å². The average Bonchev–Trinajstić information content (AvgIpc) is 2.46. The average molecular weight is 315 g/mol. The molecule has 0 aliphatic carbocycles. The summed E-state index contributed by atoms with van der Waals surface area (Å²) >= 11 is 0. The van der Waals surface area contributed by atoms with Gasteiger partial charge in [0.2, 0.25) is 0 Å². The number of carbonyl (C=O) groups is 1. The molecule has 21 heavy (non-hydrogen) atoms. The number of hydrogen-bond donors (Lipinski definition) is 2. The van der Waals surface area contributed by atoms with Crippen molar-refractivity contribution in [1.29, 1.82) is 0 Å². The molecule has 1 saturated heterocycles. The molecule has 2 rings (SSSR count). The molecule has 6 heteroatoms. The summed E-state index contributed by atoms with van der Waals surface area (Å²) in [5.41, 5.74) is 0.442. The van der Waals surface area contributed by atoms with Crippen LogP contribution in [0.15, 0.2) is 18.2 Å². The van der Waals surface area contributed by atoms with Crippen molar-refractivity contribution in [2.75, 3.05) is 27.3 Å². The van der Waals surface area contributed by atoms with Gasteiger partial charge in [-0.05, 0) is 51.1 Å². The van der Waals surface area contributed by atoms with E-state index in [0.717, 1.165) is 25.9 Å². The fourth-order valence-electron chi connectivity index (χ4n) is 2.43. The van der Waals surface area contributed by atoms with E-state index in [1.54, 1.807) is 32.4 Å². The first-order valence-electron chi connectivity index (χ1n) is 6.83. The van der Waals surface area contributed by atoms with Crippen molar-refractivity contribution in [3.05, 3.63) is 23.8 Å². The van der Waals surface area contributed by atoms with E-state index in [2.05, 4.69) is 17.6 Å². The van der Waals surface area contributed by atoms with Gasteiger partial charge in [-0.3, -0.25) is 4.79 Å². The van der Waals surface area contributed by atoms with Gasteiger partial charge in [0.25, 0.3) is 5.91 Å². The molecule has 1 aromatic carbocycles. The molecule has 1 aromatic rings. The molecule has 0 spiro atoms. The number of carbonyl (C=O) groups excluding carboxylic acids is 1. The summed E-state index contributed by atoms with van der Waals surface area (Å²) in [7, 11) is 3.14. The van der Waals surface area contributed by atoms with Gasteiger partial charge in [-0.25, -0.2) is 0 Å². The summed E-state index contributed by atoms with van der Waals surface area (Å²) in [6, 6.07) is 5.21. The minimum Gasteiger partial charge on any atom is -0.493 e. The molecule has 0 bridgehead atoms. The van der Waals surface area contributed by atoms with E-state index in [9.17, 15) is 4.79 Å². The molecule has 5 nitrogen and oxygen atoms in total. The lowest BCUT2D eigenvalue weighted by Gasteiger charge is -2.35. The lowest BCUT2D eigenvalue weighted by atomic mass is 9.90. The maximum absolute atomic E-state index is 12.4. The number of ether oxygens (including phenoxy) is 2. The van der Waals surface area contributed by atoms with Crippen molar-refractivity contribution in [1.82, 2.24) is 10.6 Å². The van der Waals surface area contributed by atoms with Crippen molar-refractivity contribution in [3.8, 4) is 11.5 Å². The number of nitrogens with one attached hydrogen (secondary N) is 2. The number of amides is 1. The quantitative estimate of drug-likeness (QED) is 0.892. The number of methoxy groups -OCH3 is 2. The first-order chi connectivity index (χ1) is 9.58. The topological polar surface area (TPSA) is 59.6 Å². The molecule has 1 heterocycles. The van der Waals surface area contributed by atoms with Crippen molar-refractivity contribution in [3.63, 3.8) is 0 Å². The van der Waals surface area contributed by atoms with Crippen LogP contribution in [0.1, 0.15) is 30.1 Å². The van der Waals surface area contributed by atoms with Crippen LogP contribution in [0.2, 0.25) is 0 Å². The first-order valence-corrected chi connectivity index (χ1v) is 6.83. The molecule has 0 saturated carbocycles. The van der Waals surface area contributed by atoms with Gasteiger partial charge in [-0.15, -0.1) is 12.4 Å². The molecule has 2 N–H and O–H groups in total. The van der Waals surface area contributed by atoms with Crippen molar-refractivity contribution < 1.29 is 14.3 Å². The van der Waals surface area contributed by atoms with E-state index in [1.807, 2.05) is 0 Å². The van der Waals surface area contributed by atoms with Crippen LogP contribution in [0.3, 0.4) is 0 Å². The summed E-state index contributed by atoms with van der Waals surface area (Å²) in [4.78, 5) is 12.4. The highest BCUT2D eigenvalue weighted by Crippen LogP contribution is 2.28. The predicted octanol–water partition coefficient (Wildman–Crippen LogP) is 2.00. The Balaban J connectivity index is 0.00000220. The van der Waals surface area contributed by atoms with Crippen LogP contribution in [0.25, 0.3) is 0 Å². The standard InChI is InChI=1S/C15H22N2O3.ClH/c1-15(6-8-16-9-7-15)17-14(18)11-4-5-12(19-2)13(10-11)20-3;/h4-5,10,16H,6-9H2,1-3H3,(H,17,18);1H. The third-order valence-corrected chi connectivity index (χ3v) is 3.77. The molecule has 1 aliphatic heterocycles. The number of halogens is 1. The van der Waals surface area contributed by atoms with Crippen LogP contribution in [-0.2, 0) is 0 Å². The second kappa shape index (κ2) is 7.52. The fourth-order valence-corrected chi connectivity index (χ4v) is 2.43. The normalized spacial score (nSPS) is 16.5. The van der Waals surface area contributed by atoms with Crippen molar-refractivity contribution >= 4 is 18.3 Å². The van der Waals surface area contributed by atoms with Crippen LogP contribution < -0.4 is 20.1 Å². The molecular formula is C15H23ClN2O3. The Kier molecular flexibility index (Phi) is 6.30. The van der Waals surface area contributed by atoms with Gasteiger partial charge in [0, 0.05) is 11.1 Å². The summed E-state index contributed by atoms with van der Waals surface area (Å²) in [6.45, 7) is 3.96. The van der Waals surface area contributed by atoms with Crippen LogP contribution in [0, 0.1) is 0 Å². The predicted molar refractivity (Wildman–Crippen MR) is 84.8 cm³/mol. The summed E-state index contributed by atoms with van der Waals surface area (Å²) in [5.74, 6) is 1.11. The molecule has 0 atom stereocenters. The second-order valence-corrected chi connectivity index (χ2v) is 5.33. The van der Waals surface area contributed by atoms with E-state index in [-0.39, 0.29) is 23.9 Å². The zero-order valence-electron chi connectivity index (χ0n) is 12.7. The fraction of sp³-hybridized carbons (Fsp3) is 0.533. The van der Waals surface area contributed by atoms with E-state index < -0.39 is 0 Å². The highest BCUT2D eigenvalue weighted by Gasteiger charge is 2.28. The maximum atomic E-state index is 12.4.